The van der Waals surface area contributed by atoms with Gasteiger partial charge in [0.25, 0.3) is 0 Å². The molecule has 4 heterocycles. The molecule has 0 radical (unpaired) electrons. The van der Waals surface area contributed by atoms with Crippen molar-refractivity contribution < 1.29 is 29.4 Å². The van der Waals surface area contributed by atoms with Crippen LogP contribution in [0.25, 0.3) is 0 Å². The monoisotopic (exact) mass is 560 g/mol. The average molecular weight is 561 g/mol. The zero-order valence-electron chi connectivity index (χ0n) is 23.0. The summed E-state index contributed by atoms with van der Waals surface area (Å²) >= 11 is 0. The zero-order chi connectivity index (χ0) is 28.6. The minimum atomic E-state index is -1.07. The Morgan fingerprint density at radius 1 is 0.585 bits per heavy atom. The third-order valence-electron chi connectivity index (χ3n) is 7.69. The molecule has 0 saturated heterocycles. The summed E-state index contributed by atoms with van der Waals surface area (Å²) in [5.41, 5.74) is 5.86. The summed E-state index contributed by atoms with van der Waals surface area (Å²) in [4.78, 5) is 47.0. The fourth-order valence-electron chi connectivity index (χ4n) is 5.47. The Bertz CT molecular complexity index is 1490. The third-order valence-corrected chi connectivity index (χ3v) is 7.69. The van der Waals surface area contributed by atoms with Gasteiger partial charge < -0.3 is 28.9 Å². The van der Waals surface area contributed by atoms with Gasteiger partial charge in [-0.3, -0.25) is 9.59 Å². The Morgan fingerprint density at radius 3 is 1.24 bits per heavy atom. The summed E-state index contributed by atoms with van der Waals surface area (Å²) in [5.74, 6) is -3.50. The summed E-state index contributed by atoms with van der Waals surface area (Å²) in [7, 11) is 0. The van der Waals surface area contributed by atoms with Crippen LogP contribution in [0.5, 0.6) is 0 Å². The van der Waals surface area contributed by atoms with Crippen LogP contribution in [-0.2, 0) is 22.7 Å². The van der Waals surface area contributed by atoms with E-state index in [1.165, 1.54) is 0 Å². The van der Waals surface area contributed by atoms with Crippen molar-refractivity contribution in [2.24, 2.45) is 0 Å². The van der Waals surface area contributed by atoms with Crippen molar-refractivity contribution in [3.05, 3.63) is 118 Å². The Morgan fingerprint density at radius 2 is 0.927 bits per heavy atom. The maximum Gasteiger partial charge on any atom is 2.00 e. The van der Waals surface area contributed by atoms with Crippen LogP contribution in [0.2, 0.25) is 0 Å². The summed E-state index contributed by atoms with van der Waals surface area (Å²) in [5, 5.41) is 22.1. The van der Waals surface area contributed by atoms with Gasteiger partial charge in [-0.2, -0.15) is 0 Å². The standard InChI is InChI=1S/2C16H15NO3.Mg/c2*1-10-2-4-11(5-3-10)15(18)14-7-6-13-12(16(19)20)8-9-17(13)14;/h2*2-7,12H,8-9H2,1H3,(H,19,20);/q;;+2/p-2. The van der Waals surface area contributed by atoms with Crippen LogP contribution < -0.4 is 10.2 Å². The van der Waals surface area contributed by atoms with Gasteiger partial charge in [0.2, 0.25) is 11.6 Å². The number of carbonyl (C=O) groups excluding carboxylic acids is 4. The minimum Gasteiger partial charge on any atom is -0.549 e. The molecule has 2 aromatic carbocycles. The predicted molar refractivity (Wildman–Crippen MR) is 149 cm³/mol. The molecule has 0 bridgehead atoms. The van der Waals surface area contributed by atoms with Gasteiger partial charge in [0.15, 0.2) is 0 Å². The number of benzene rings is 2. The molecule has 2 aromatic heterocycles. The quantitative estimate of drug-likeness (QED) is 0.263. The van der Waals surface area contributed by atoms with Crippen LogP contribution in [0.3, 0.4) is 0 Å². The summed E-state index contributed by atoms with van der Waals surface area (Å²) < 4.78 is 3.59. The second kappa shape index (κ2) is 12.3. The molecule has 0 saturated carbocycles. The average Bonchev–Trinajstić information content (AvgIpc) is 3.70. The number of aromatic nitrogens is 2. The number of ketones is 2. The molecule has 6 rings (SSSR count). The topological polar surface area (TPSA) is 124 Å². The largest absolute Gasteiger partial charge is 2.00 e. The second-order valence-corrected chi connectivity index (χ2v) is 10.3. The fourth-order valence-corrected chi connectivity index (χ4v) is 5.47. The Balaban J connectivity index is 0.000000184. The first-order valence-corrected chi connectivity index (χ1v) is 13.2. The molecule has 41 heavy (non-hydrogen) atoms. The number of carboxylic acids is 2. The number of fused-ring (bicyclic) bond motifs is 2. The molecule has 2 atom stereocenters. The van der Waals surface area contributed by atoms with E-state index in [0.717, 1.165) is 11.1 Å². The molecule has 204 valence electrons. The van der Waals surface area contributed by atoms with E-state index in [0.29, 0.717) is 59.8 Å². The molecule has 0 spiro atoms. The van der Waals surface area contributed by atoms with Crippen molar-refractivity contribution in [2.75, 3.05) is 0 Å². The molecule has 8 nitrogen and oxygen atoms in total. The predicted octanol–water partition coefficient (Wildman–Crippen LogP) is 2.15. The molecular formula is C32H28MgN2O6. The van der Waals surface area contributed by atoms with Gasteiger partial charge in [-0.05, 0) is 51.0 Å². The van der Waals surface area contributed by atoms with E-state index in [2.05, 4.69) is 0 Å². The first-order chi connectivity index (χ1) is 19.2. The van der Waals surface area contributed by atoms with Crippen molar-refractivity contribution in [3.8, 4) is 0 Å². The Labute approximate surface area is 253 Å². The number of nitrogens with zero attached hydrogens (tertiary/aromatic N) is 2. The number of hydrogen-bond acceptors (Lipinski definition) is 6. The van der Waals surface area contributed by atoms with Gasteiger partial charge in [0.05, 0.1) is 23.3 Å². The van der Waals surface area contributed by atoms with Crippen molar-refractivity contribution in [2.45, 2.75) is 51.6 Å². The molecule has 0 fully saturated rings. The number of carboxylic acid groups (broad SMARTS) is 2. The van der Waals surface area contributed by atoms with E-state index in [1.807, 2.05) is 38.1 Å². The number of carbonyl (C=O) groups is 4. The van der Waals surface area contributed by atoms with Crippen LogP contribution in [-0.4, -0.2) is 55.7 Å². The van der Waals surface area contributed by atoms with E-state index in [4.69, 9.17) is 0 Å². The number of rotatable bonds is 6. The first kappa shape index (κ1) is 30.0. The van der Waals surface area contributed by atoms with Crippen LogP contribution in [0.4, 0.5) is 0 Å². The van der Waals surface area contributed by atoms with Crippen molar-refractivity contribution in [1.82, 2.24) is 9.13 Å². The summed E-state index contributed by atoms with van der Waals surface area (Å²) in [6.07, 6.45) is 0.985. The van der Waals surface area contributed by atoms with E-state index in [9.17, 15) is 29.4 Å². The fraction of sp³-hybridized carbons (Fsp3) is 0.250. The normalized spacial score (nSPS) is 16.5. The first-order valence-electron chi connectivity index (χ1n) is 13.2. The van der Waals surface area contributed by atoms with Gasteiger partial charge in [0, 0.05) is 47.4 Å². The SMILES string of the molecule is Cc1ccc(C(=O)c2ccc3n2CCC3C(=O)[O-])cc1.Cc1ccc(C(=O)c2ccc3n2CCC3C(=O)[O-])cc1.[Mg+2]. The van der Waals surface area contributed by atoms with E-state index >= 15 is 0 Å². The molecule has 2 aliphatic rings. The molecule has 2 aliphatic heterocycles. The van der Waals surface area contributed by atoms with Crippen molar-refractivity contribution in [1.29, 1.82) is 0 Å². The zero-order valence-corrected chi connectivity index (χ0v) is 24.4. The second-order valence-electron chi connectivity index (χ2n) is 10.3. The molecule has 0 N–H and O–H groups in total. The summed E-state index contributed by atoms with van der Waals surface area (Å²) in [6.45, 7) is 5.03. The third kappa shape index (κ3) is 5.92. The van der Waals surface area contributed by atoms with Crippen molar-refractivity contribution in [3.63, 3.8) is 0 Å². The smallest absolute Gasteiger partial charge is 0.549 e. The van der Waals surface area contributed by atoms with Crippen molar-refractivity contribution >= 4 is 46.6 Å². The van der Waals surface area contributed by atoms with Crippen LogP contribution in [0, 0.1) is 13.8 Å². The maximum atomic E-state index is 12.5. The van der Waals surface area contributed by atoms with Gasteiger partial charge in [-0.25, -0.2) is 0 Å². The molecule has 2 unspecified atom stereocenters. The molecule has 0 amide bonds. The van der Waals surface area contributed by atoms with E-state index in [1.54, 1.807) is 57.7 Å². The van der Waals surface area contributed by atoms with Gasteiger partial charge in [-0.1, -0.05) is 59.7 Å². The van der Waals surface area contributed by atoms with Crippen LogP contribution >= 0.6 is 0 Å². The number of aliphatic carboxylic acids is 2. The van der Waals surface area contributed by atoms with Gasteiger partial charge in [-0.15, -0.1) is 0 Å². The molecule has 4 aromatic rings. The van der Waals surface area contributed by atoms with E-state index < -0.39 is 23.8 Å². The molecular weight excluding hydrogens is 533 g/mol. The Kier molecular flexibility index (Phi) is 8.99. The number of hydrogen-bond donors (Lipinski definition) is 0. The Hall–Kier alpha value is -3.95. The molecule has 9 heteroatoms. The van der Waals surface area contributed by atoms with Crippen LogP contribution in [0.15, 0.2) is 72.8 Å². The van der Waals surface area contributed by atoms with Crippen LogP contribution in [0.1, 0.15) is 79.3 Å². The number of aryl methyl sites for hydroxylation is 2. The summed E-state index contributed by atoms with van der Waals surface area (Å²) in [6, 6.07) is 21.6. The van der Waals surface area contributed by atoms with Gasteiger partial charge >= 0.3 is 23.1 Å². The molecule has 0 aliphatic carbocycles. The maximum absolute atomic E-state index is 12.5. The van der Waals surface area contributed by atoms with E-state index in [-0.39, 0.29) is 34.6 Å². The van der Waals surface area contributed by atoms with Gasteiger partial charge in [0.1, 0.15) is 0 Å². The minimum absolute atomic E-state index is 0.